The molecule has 1 heterocycles. The van der Waals surface area contributed by atoms with Crippen molar-refractivity contribution in [3.05, 3.63) is 0 Å². The lowest BCUT2D eigenvalue weighted by Gasteiger charge is -2.44. The van der Waals surface area contributed by atoms with Crippen molar-refractivity contribution in [2.75, 3.05) is 27.2 Å². The third-order valence-electron chi connectivity index (χ3n) is 4.64. The monoisotopic (exact) mass is 280 g/mol. The molecule has 1 saturated carbocycles. The molecule has 0 amide bonds. The summed E-state index contributed by atoms with van der Waals surface area (Å²) in [6.07, 6.45) is 11.2. The van der Waals surface area contributed by atoms with Crippen LogP contribution < -0.4 is 0 Å². The van der Waals surface area contributed by atoms with E-state index in [-0.39, 0.29) is 11.0 Å². The number of nitrogens with zero attached hydrogens (tertiary/aromatic N) is 2. The van der Waals surface area contributed by atoms with E-state index in [4.69, 9.17) is 9.73 Å². The molecule has 0 N–H and O–H groups in total. The number of aliphatic imine (C=N–C) groups is 1. The van der Waals surface area contributed by atoms with Crippen LogP contribution in [-0.2, 0) is 4.74 Å². The van der Waals surface area contributed by atoms with Gasteiger partial charge in [0.15, 0.2) is 0 Å². The lowest BCUT2D eigenvalue weighted by atomic mass is 9.74. The molecule has 0 radical (unpaired) electrons. The molecule has 0 bridgehead atoms. The van der Waals surface area contributed by atoms with Gasteiger partial charge in [0.2, 0.25) is 0 Å². The van der Waals surface area contributed by atoms with Crippen LogP contribution >= 0.6 is 0 Å². The predicted octanol–water partition coefficient (Wildman–Crippen LogP) is 3.53. The Labute approximate surface area is 124 Å². The first-order chi connectivity index (χ1) is 9.41. The zero-order chi connectivity index (χ0) is 14.6. The minimum atomic E-state index is -0.0210. The summed E-state index contributed by atoms with van der Waals surface area (Å²) in [5.74, 6) is 0. The molecule has 1 aliphatic heterocycles. The van der Waals surface area contributed by atoms with E-state index in [9.17, 15) is 0 Å². The van der Waals surface area contributed by atoms with Crippen LogP contribution in [0, 0.1) is 5.41 Å². The summed E-state index contributed by atoms with van der Waals surface area (Å²) in [4.78, 5) is 7.29. The summed E-state index contributed by atoms with van der Waals surface area (Å²) in [5.41, 5.74) is 0.176. The zero-order valence-electron chi connectivity index (χ0n) is 13.8. The number of hydrogen-bond acceptors (Lipinski definition) is 3. The van der Waals surface area contributed by atoms with E-state index in [1.807, 2.05) is 0 Å². The quantitative estimate of drug-likeness (QED) is 0.736. The average molecular weight is 280 g/mol. The second-order valence-corrected chi connectivity index (χ2v) is 7.71. The Kier molecular flexibility index (Phi) is 5.25. The molecule has 2 rings (SSSR count). The first kappa shape index (κ1) is 16.0. The summed E-state index contributed by atoms with van der Waals surface area (Å²) >= 11 is 0. The average Bonchev–Trinajstić information content (AvgIpc) is 2.36. The fraction of sp³-hybridized carbons (Fsp3) is 0.941. The molecule has 0 aromatic rings. The lowest BCUT2D eigenvalue weighted by molar-refractivity contribution is -0.0887. The summed E-state index contributed by atoms with van der Waals surface area (Å²) in [6, 6.07) is 0.578. The van der Waals surface area contributed by atoms with Crippen LogP contribution in [0.5, 0.6) is 0 Å². The third-order valence-corrected chi connectivity index (χ3v) is 4.64. The van der Waals surface area contributed by atoms with Gasteiger partial charge in [0.05, 0.1) is 5.60 Å². The molecule has 2 fully saturated rings. The molecule has 116 valence electrons. The van der Waals surface area contributed by atoms with Crippen molar-refractivity contribution in [1.82, 2.24) is 4.90 Å². The van der Waals surface area contributed by atoms with Crippen LogP contribution in [-0.4, -0.2) is 50.0 Å². The van der Waals surface area contributed by atoms with E-state index >= 15 is 0 Å². The Hall–Kier alpha value is -0.410. The van der Waals surface area contributed by atoms with E-state index in [1.54, 1.807) is 0 Å². The van der Waals surface area contributed by atoms with Crippen molar-refractivity contribution in [1.29, 1.82) is 0 Å². The van der Waals surface area contributed by atoms with Gasteiger partial charge in [0.1, 0.15) is 0 Å². The molecule has 0 spiro atoms. The standard InChI is InChI=1S/C17H32N2O/c1-16(2)12-17(10-11-20-16,14-19(3)4)13-18-15-8-6-5-7-9-15/h13,15H,5-12,14H2,1-4H3/t17-/m0/s1. The molecular weight excluding hydrogens is 248 g/mol. The maximum atomic E-state index is 5.91. The van der Waals surface area contributed by atoms with Gasteiger partial charge in [-0.05, 0) is 53.6 Å². The Morgan fingerprint density at radius 3 is 2.50 bits per heavy atom. The van der Waals surface area contributed by atoms with Gasteiger partial charge in [-0.1, -0.05) is 19.3 Å². The normalized spacial score (nSPS) is 32.0. The van der Waals surface area contributed by atoms with Crippen molar-refractivity contribution in [3.63, 3.8) is 0 Å². The molecule has 0 aromatic heterocycles. The molecule has 1 atom stereocenters. The Morgan fingerprint density at radius 1 is 1.20 bits per heavy atom. The van der Waals surface area contributed by atoms with Crippen molar-refractivity contribution in [3.8, 4) is 0 Å². The van der Waals surface area contributed by atoms with Gasteiger partial charge in [-0.2, -0.15) is 0 Å². The highest BCUT2D eigenvalue weighted by Crippen LogP contribution is 2.38. The molecule has 1 aliphatic carbocycles. The van der Waals surface area contributed by atoms with E-state index in [2.05, 4.69) is 39.1 Å². The van der Waals surface area contributed by atoms with Crippen molar-refractivity contribution >= 4 is 6.21 Å². The van der Waals surface area contributed by atoms with Crippen LogP contribution in [0.1, 0.15) is 58.8 Å². The van der Waals surface area contributed by atoms with Crippen LogP contribution in [0.4, 0.5) is 0 Å². The van der Waals surface area contributed by atoms with Crippen LogP contribution in [0.15, 0.2) is 4.99 Å². The molecule has 0 unspecified atom stereocenters. The fourth-order valence-corrected chi connectivity index (χ4v) is 3.93. The van der Waals surface area contributed by atoms with Gasteiger partial charge in [-0.25, -0.2) is 0 Å². The maximum absolute atomic E-state index is 5.91. The van der Waals surface area contributed by atoms with Gasteiger partial charge in [-0.15, -0.1) is 0 Å². The summed E-state index contributed by atoms with van der Waals surface area (Å²) in [6.45, 7) is 6.36. The molecule has 20 heavy (non-hydrogen) atoms. The summed E-state index contributed by atoms with van der Waals surface area (Å²) < 4.78 is 5.91. The van der Waals surface area contributed by atoms with E-state index in [0.29, 0.717) is 6.04 Å². The van der Waals surface area contributed by atoms with Gasteiger partial charge in [-0.3, -0.25) is 4.99 Å². The van der Waals surface area contributed by atoms with Crippen molar-refractivity contribution < 1.29 is 4.74 Å². The van der Waals surface area contributed by atoms with Crippen molar-refractivity contribution in [2.24, 2.45) is 10.4 Å². The second-order valence-electron chi connectivity index (χ2n) is 7.71. The predicted molar refractivity (Wildman–Crippen MR) is 85.6 cm³/mol. The summed E-state index contributed by atoms with van der Waals surface area (Å²) in [5, 5.41) is 0. The Bertz CT molecular complexity index is 332. The summed E-state index contributed by atoms with van der Waals surface area (Å²) in [7, 11) is 4.33. The van der Waals surface area contributed by atoms with Crippen molar-refractivity contribution in [2.45, 2.75) is 70.4 Å². The first-order valence-electron chi connectivity index (χ1n) is 8.24. The minimum absolute atomic E-state index is 0.0210. The molecule has 0 aromatic carbocycles. The second kappa shape index (κ2) is 6.57. The smallest absolute Gasteiger partial charge is 0.0635 e. The van der Waals surface area contributed by atoms with Gasteiger partial charge < -0.3 is 9.64 Å². The SMILES string of the molecule is CN(C)C[C@@]1(C=NC2CCCCC2)CCOC(C)(C)C1. The molecule has 1 saturated heterocycles. The first-order valence-corrected chi connectivity index (χ1v) is 8.24. The van der Waals surface area contributed by atoms with Gasteiger partial charge in [0, 0.05) is 30.8 Å². The number of hydrogen-bond donors (Lipinski definition) is 0. The molecular formula is C17H32N2O. The Balaban J connectivity index is 2.07. The van der Waals surface area contributed by atoms with Gasteiger partial charge in [0.25, 0.3) is 0 Å². The van der Waals surface area contributed by atoms with Gasteiger partial charge >= 0.3 is 0 Å². The molecule has 3 heteroatoms. The highest BCUT2D eigenvalue weighted by Gasteiger charge is 2.40. The molecule has 2 aliphatic rings. The largest absolute Gasteiger partial charge is 0.376 e. The highest BCUT2D eigenvalue weighted by atomic mass is 16.5. The minimum Gasteiger partial charge on any atom is -0.376 e. The fourth-order valence-electron chi connectivity index (χ4n) is 3.93. The lowest BCUT2D eigenvalue weighted by Crippen LogP contribution is -2.47. The van der Waals surface area contributed by atoms with Crippen LogP contribution in [0.25, 0.3) is 0 Å². The highest BCUT2D eigenvalue weighted by molar-refractivity contribution is 5.67. The number of ether oxygens (including phenoxy) is 1. The topological polar surface area (TPSA) is 24.8 Å². The van der Waals surface area contributed by atoms with Crippen LogP contribution in [0.2, 0.25) is 0 Å². The maximum Gasteiger partial charge on any atom is 0.0635 e. The van der Waals surface area contributed by atoms with E-state index in [1.165, 1.54) is 32.1 Å². The third kappa shape index (κ3) is 4.56. The Morgan fingerprint density at radius 2 is 1.90 bits per heavy atom. The van der Waals surface area contributed by atoms with Crippen LogP contribution in [0.3, 0.4) is 0 Å². The zero-order valence-corrected chi connectivity index (χ0v) is 13.8. The number of rotatable bonds is 4. The molecule has 3 nitrogen and oxygen atoms in total. The van der Waals surface area contributed by atoms with E-state index in [0.717, 1.165) is 26.0 Å². The van der Waals surface area contributed by atoms with E-state index < -0.39 is 0 Å².